The quantitative estimate of drug-likeness (QED) is 0.497. The summed E-state index contributed by atoms with van der Waals surface area (Å²) >= 11 is 1.49. The largest absolute Gasteiger partial charge is 0.337 e. The van der Waals surface area contributed by atoms with E-state index in [0.29, 0.717) is 12.2 Å². The van der Waals surface area contributed by atoms with Crippen molar-refractivity contribution in [3.63, 3.8) is 0 Å². The maximum Gasteiger partial charge on any atom is 0.328 e. The van der Waals surface area contributed by atoms with Gasteiger partial charge in [0.05, 0.1) is 10.6 Å². The normalized spacial score (nSPS) is 10.9. The first-order chi connectivity index (χ1) is 13.9. The fourth-order valence-electron chi connectivity index (χ4n) is 2.35. The lowest BCUT2D eigenvalue weighted by Gasteiger charge is -2.09. The van der Waals surface area contributed by atoms with Crippen LogP contribution < -0.4 is 15.4 Å². The van der Waals surface area contributed by atoms with Gasteiger partial charge in [0, 0.05) is 18.0 Å². The highest BCUT2D eigenvalue weighted by atomic mass is 32.2. The number of rotatable bonds is 10. The predicted octanol–water partition coefficient (Wildman–Crippen LogP) is 3.35. The number of urea groups is 1. The Kier molecular flexibility index (Phi) is 9.01. The summed E-state index contributed by atoms with van der Waals surface area (Å²) in [6.07, 6.45) is 1.66. The zero-order chi connectivity index (χ0) is 21.1. The lowest BCUT2D eigenvalue weighted by atomic mass is 10.2. The van der Waals surface area contributed by atoms with Crippen molar-refractivity contribution in [2.75, 3.05) is 17.6 Å². The Balaban J connectivity index is 1.82. The first-order valence-electron chi connectivity index (χ1n) is 9.23. The number of thioether (sulfide) groups is 1. The standard InChI is InChI=1S/C20H25N3O4S2/c1-2-3-13-21-20(25)23-29(26,27)18-11-9-17(10-12-18)22-19(24)15-28-14-16-7-5-4-6-8-16/h4-12H,2-3,13-15H2,1H3,(H,22,24)(H2,21,23,25). The summed E-state index contributed by atoms with van der Waals surface area (Å²) in [6.45, 7) is 2.38. The number of unbranched alkanes of at least 4 members (excludes halogenated alkanes) is 1. The number of anilines is 1. The summed E-state index contributed by atoms with van der Waals surface area (Å²) in [5, 5.41) is 5.22. The van der Waals surface area contributed by atoms with Crippen LogP contribution in [-0.2, 0) is 20.6 Å². The number of nitrogens with one attached hydrogen (secondary N) is 3. The zero-order valence-corrected chi connectivity index (χ0v) is 17.8. The molecule has 0 saturated heterocycles. The highest BCUT2D eigenvalue weighted by Crippen LogP contribution is 2.16. The van der Waals surface area contributed by atoms with Crippen LogP contribution in [0.1, 0.15) is 25.3 Å². The molecule has 7 nitrogen and oxygen atoms in total. The van der Waals surface area contributed by atoms with E-state index in [0.717, 1.165) is 24.2 Å². The number of hydrogen-bond donors (Lipinski definition) is 3. The summed E-state index contributed by atoms with van der Waals surface area (Å²) in [6, 6.07) is 14.8. The molecule has 0 fully saturated rings. The van der Waals surface area contributed by atoms with Gasteiger partial charge in [0.1, 0.15) is 0 Å². The Morgan fingerprint density at radius 2 is 1.69 bits per heavy atom. The Bertz CT molecular complexity index is 901. The van der Waals surface area contributed by atoms with Crippen LogP contribution in [0.3, 0.4) is 0 Å². The second kappa shape index (κ2) is 11.5. The Hall–Kier alpha value is -2.52. The highest BCUT2D eigenvalue weighted by Gasteiger charge is 2.17. The van der Waals surface area contributed by atoms with Crippen LogP contribution in [0, 0.1) is 0 Å². The SMILES string of the molecule is CCCCNC(=O)NS(=O)(=O)c1ccc(NC(=O)CSCc2ccccc2)cc1. The van der Waals surface area contributed by atoms with Crippen molar-refractivity contribution >= 4 is 39.4 Å². The minimum atomic E-state index is -3.97. The minimum absolute atomic E-state index is 0.0559. The topological polar surface area (TPSA) is 104 Å². The molecule has 0 spiro atoms. The van der Waals surface area contributed by atoms with Gasteiger partial charge in [-0.15, -0.1) is 11.8 Å². The summed E-state index contributed by atoms with van der Waals surface area (Å²) in [5.41, 5.74) is 1.63. The molecule has 2 aromatic carbocycles. The van der Waals surface area contributed by atoms with E-state index in [1.807, 2.05) is 42.0 Å². The smallest absolute Gasteiger partial charge is 0.328 e. The summed E-state index contributed by atoms with van der Waals surface area (Å²) in [7, 11) is -3.97. The van der Waals surface area contributed by atoms with Crippen molar-refractivity contribution in [1.29, 1.82) is 0 Å². The van der Waals surface area contributed by atoms with Gasteiger partial charge >= 0.3 is 6.03 Å². The second-order valence-corrected chi connectivity index (χ2v) is 8.93. The van der Waals surface area contributed by atoms with Gasteiger partial charge in [-0.05, 0) is 36.2 Å². The van der Waals surface area contributed by atoms with E-state index in [-0.39, 0.29) is 16.6 Å². The van der Waals surface area contributed by atoms with Crippen molar-refractivity contribution < 1.29 is 18.0 Å². The third kappa shape index (κ3) is 8.16. The van der Waals surface area contributed by atoms with Crippen LogP contribution in [0.15, 0.2) is 59.5 Å². The van der Waals surface area contributed by atoms with E-state index >= 15 is 0 Å². The molecule has 3 amide bonds. The molecule has 9 heteroatoms. The molecule has 156 valence electrons. The van der Waals surface area contributed by atoms with Gasteiger partial charge in [0.15, 0.2) is 0 Å². The van der Waals surface area contributed by atoms with Gasteiger partial charge < -0.3 is 10.6 Å². The number of benzene rings is 2. The van der Waals surface area contributed by atoms with Crippen molar-refractivity contribution in [2.45, 2.75) is 30.4 Å². The Labute approximate surface area is 175 Å². The van der Waals surface area contributed by atoms with Gasteiger partial charge in [-0.2, -0.15) is 0 Å². The molecule has 0 atom stereocenters. The second-order valence-electron chi connectivity index (χ2n) is 6.27. The maximum absolute atomic E-state index is 12.2. The average Bonchev–Trinajstić information content (AvgIpc) is 2.69. The molecule has 2 aromatic rings. The summed E-state index contributed by atoms with van der Waals surface area (Å²) in [4.78, 5) is 23.6. The van der Waals surface area contributed by atoms with Gasteiger partial charge in [0.2, 0.25) is 5.91 Å². The minimum Gasteiger partial charge on any atom is -0.337 e. The van der Waals surface area contributed by atoms with E-state index in [2.05, 4.69) is 10.6 Å². The van der Waals surface area contributed by atoms with Crippen LogP contribution in [0.25, 0.3) is 0 Å². The number of sulfonamides is 1. The molecule has 0 aliphatic heterocycles. The molecule has 3 N–H and O–H groups in total. The number of carbonyl (C=O) groups excluding carboxylic acids is 2. The zero-order valence-electron chi connectivity index (χ0n) is 16.2. The third-order valence-corrected chi connectivity index (χ3v) is 6.19. The number of hydrogen-bond acceptors (Lipinski definition) is 5. The number of carbonyl (C=O) groups is 2. The summed E-state index contributed by atoms with van der Waals surface area (Å²) in [5.74, 6) is 0.848. The van der Waals surface area contributed by atoms with Crippen molar-refractivity contribution in [2.24, 2.45) is 0 Å². The molecular weight excluding hydrogens is 410 g/mol. The van der Waals surface area contributed by atoms with E-state index in [4.69, 9.17) is 0 Å². The van der Waals surface area contributed by atoms with Crippen LogP contribution in [0.4, 0.5) is 10.5 Å². The first kappa shape index (κ1) is 22.8. The molecule has 0 unspecified atom stereocenters. The monoisotopic (exact) mass is 435 g/mol. The molecule has 0 bridgehead atoms. The third-order valence-electron chi connectivity index (χ3n) is 3.84. The predicted molar refractivity (Wildman–Crippen MR) is 116 cm³/mol. The Morgan fingerprint density at radius 1 is 1.00 bits per heavy atom. The molecule has 0 heterocycles. The number of amides is 3. The van der Waals surface area contributed by atoms with Gasteiger partial charge in [0.25, 0.3) is 10.0 Å². The van der Waals surface area contributed by atoms with E-state index in [1.165, 1.54) is 36.0 Å². The molecule has 0 aliphatic carbocycles. The van der Waals surface area contributed by atoms with E-state index in [9.17, 15) is 18.0 Å². The van der Waals surface area contributed by atoms with Crippen LogP contribution in [-0.4, -0.2) is 32.7 Å². The lowest BCUT2D eigenvalue weighted by Crippen LogP contribution is -2.39. The first-order valence-corrected chi connectivity index (χ1v) is 11.9. The van der Waals surface area contributed by atoms with Crippen LogP contribution in [0.5, 0.6) is 0 Å². The van der Waals surface area contributed by atoms with Gasteiger partial charge in [-0.3, -0.25) is 4.79 Å². The molecule has 0 aromatic heterocycles. The Morgan fingerprint density at radius 3 is 2.34 bits per heavy atom. The molecule has 29 heavy (non-hydrogen) atoms. The molecule has 0 aliphatic rings. The average molecular weight is 436 g/mol. The molecule has 0 saturated carbocycles. The van der Waals surface area contributed by atoms with Gasteiger partial charge in [-0.25, -0.2) is 17.9 Å². The maximum atomic E-state index is 12.2. The molecule has 2 rings (SSSR count). The van der Waals surface area contributed by atoms with Gasteiger partial charge in [-0.1, -0.05) is 43.7 Å². The van der Waals surface area contributed by atoms with Crippen LogP contribution >= 0.6 is 11.8 Å². The molecular formula is C20H25N3O4S2. The van der Waals surface area contributed by atoms with Crippen molar-refractivity contribution in [3.05, 3.63) is 60.2 Å². The lowest BCUT2D eigenvalue weighted by molar-refractivity contribution is -0.113. The molecule has 0 radical (unpaired) electrons. The van der Waals surface area contributed by atoms with Crippen molar-refractivity contribution in [3.8, 4) is 0 Å². The highest BCUT2D eigenvalue weighted by molar-refractivity contribution is 7.99. The fraction of sp³-hybridized carbons (Fsp3) is 0.300. The van der Waals surface area contributed by atoms with Crippen LogP contribution in [0.2, 0.25) is 0 Å². The summed E-state index contributed by atoms with van der Waals surface area (Å²) < 4.78 is 26.4. The fourth-order valence-corrected chi connectivity index (χ4v) is 4.06. The van der Waals surface area contributed by atoms with E-state index < -0.39 is 16.1 Å². The van der Waals surface area contributed by atoms with Crippen molar-refractivity contribution in [1.82, 2.24) is 10.0 Å². The van der Waals surface area contributed by atoms with E-state index in [1.54, 1.807) is 0 Å².